The lowest BCUT2D eigenvalue weighted by Crippen LogP contribution is -2.14. The van der Waals surface area contributed by atoms with Crippen LogP contribution in [0, 0.1) is 6.92 Å². The molecule has 1 atom stereocenters. The topological polar surface area (TPSA) is 55.8 Å². The summed E-state index contributed by atoms with van der Waals surface area (Å²) in [6.07, 6.45) is 3.46. The molecule has 1 aromatic rings. The smallest absolute Gasteiger partial charge is 0.328 e. The van der Waals surface area contributed by atoms with E-state index in [1.165, 1.54) is 0 Å². The highest BCUT2D eigenvalue weighted by Gasteiger charge is 2.07. The highest BCUT2D eigenvalue weighted by Crippen LogP contribution is 2.23. The Bertz CT molecular complexity index is 451. The zero-order valence-electron chi connectivity index (χ0n) is 11.6. The van der Waals surface area contributed by atoms with Gasteiger partial charge < -0.3 is 14.6 Å². The second kappa shape index (κ2) is 7.59. The lowest BCUT2D eigenvalue weighted by Gasteiger charge is -2.16. The maximum absolute atomic E-state index is 10.6. The van der Waals surface area contributed by atoms with Crippen LogP contribution in [0.2, 0.25) is 0 Å². The van der Waals surface area contributed by atoms with Crippen molar-refractivity contribution < 1.29 is 19.4 Å². The fourth-order valence-electron chi connectivity index (χ4n) is 1.63. The molecular formula is C15H20O4. The molecule has 0 spiro atoms. The van der Waals surface area contributed by atoms with Crippen molar-refractivity contribution in [2.24, 2.45) is 0 Å². The predicted molar refractivity (Wildman–Crippen MR) is 74.4 cm³/mol. The molecule has 0 aliphatic carbocycles. The summed E-state index contributed by atoms with van der Waals surface area (Å²) in [6.45, 7) is 4.55. The van der Waals surface area contributed by atoms with Gasteiger partial charge in [-0.3, -0.25) is 0 Å². The van der Waals surface area contributed by atoms with Crippen molar-refractivity contribution in [1.82, 2.24) is 0 Å². The normalized spacial score (nSPS) is 12.6. The van der Waals surface area contributed by atoms with Gasteiger partial charge in [-0.05, 0) is 32.1 Å². The van der Waals surface area contributed by atoms with Crippen molar-refractivity contribution in [3.05, 3.63) is 35.4 Å². The van der Waals surface area contributed by atoms with Gasteiger partial charge in [-0.15, -0.1) is 0 Å². The number of methoxy groups -OCH3 is 1. The van der Waals surface area contributed by atoms with Crippen molar-refractivity contribution in [2.75, 3.05) is 13.7 Å². The number of benzene rings is 1. The summed E-state index contributed by atoms with van der Waals surface area (Å²) in [4.78, 5) is 10.6. The van der Waals surface area contributed by atoms with Crippen LogP contribution in [0.5, 0.6) is 5.75 Å². The monoisotopic (exact) mass is 264 g/mol. The third-order valence-electron chi connectivity index (χ3n) is 2.63. The maximum Gasteiger partial charge on any atom is 0.328 e. The van der Waals surface area contributed by atoms with Gasteiger partial charge in [0.2, 0.25) is 0 Å². The van der Waals surface area contributed by atoms with Crippen molar-refractivity contribution in [3.63, 3.8) is 0 Å². The molecule has 0 fully saturated rings. The average molecular weight is 264 g/mol. The van der Waals surface area contributed by atoms with Crippen LogP contribution in [0.15, 0.2) is 24.3 Å². The number of hydrogen-bond donors (Lipinski definition) is 1. The van der Waals surface area contributed by atoms with Crippen LogP contribution in [0.3, 0.4) is 0 Å². The van der Waals surface area contributed by atoms with E-state index in [1.807, 2.05) is 32.0 Å². The van der Waals surface area contributed by atoms with Gasteiger partial charge in [-0.25, -0.2) is 4.79 Å². The van der Waals surface area contributed by atoms with Gasteiger partial charge >= 0.3 is 5.97 Å². The van der Waals surface area contributed by atoms with Gasteiger partial charge in [0.05, 0.1) is 6.10 Å². The highest BCUT2D eigenvalue weighted by molar-refractivity contribution is 5.85. The van der Waals surface area contributed by atoms with Crippen LogP contribution >= 0.6 is 0 Å². The van der Waals surface area contributed by atoms with E-state index in [0.29, 0.717) is 12.4 Å². The van der Waals surface area contributed by atoms with E-state index in [-0.39, 0.29) is 6.10 Å². The van der Waals surface area contributed by atoms with E-state index < -0.39 is 5.97 Å². The number of aliphatic carboxylic acids is 1. The first-order valence-electron chi connectivity index (χ1n) is 6.20. The Morgan fingerprint density at radius 2 is 2.21 bits per heavy atom. The first-order valence-corrected chi connectivity index (χ1v) is 6.20. The number of aryl methyl sites for hydroxylation is 1. The Hall–Kier alpha value is -1.81. The van der Waals surface area contributed by atoms with Crippen LogP contribution in [-0.4, -0.2) is 30.9 Å². The third kappa shape index (κ3) is 5.57. The van der Waals surface area contributed by atoms with Crippen molar-refractivity contribution in [1.29, 1.82) is 0 Å². The van der Waals surface area contributed by atoms with Crippen molar-refractivity contribution in [2.45, 2.75) is 26.4 Å². The fourth-order valence-corrected chi connectivity index (χ4v) is 1.63. The molecule has 4 heteroatoms. The molecular weight excluding hydrogens is 244 g/mol. The first kappa shape index (κ1) is 15.2. The van der Waals surface area contributed by atoms with Crippen LogP contribution in [-0.2, 0) is 9.53 Å². The fraction of sp³-hybridized carbons (Fsp3) is 0.400. The zero-order chi connectivity index (χ0) is 14.3. The second-order valence-electron chi connectivity index (χ2n) is 4.42. The Balaban J connectivity index is 2.84. The summed E-state index contributed by atoms with van der Waals surface area (Å²) in [6, 6.07) is 5.70. The Labute approximate surface area is 113 Å². The van der Waals surface area contributed by atoms with E-state index >= 15 is 0 Å². The zero-order valence-corrected chi connectivity index (χ0v) is 11.6. The Kier molecular flexibility index (Phi) is 6.09. The number of carboxylic acid groups (broad SMARTS) is 1. The van der Waals surface area contributed by atoms with E-state index in [9.17, 15) is 4.79 Å². The summed E-state index contributed by atoms with van der Waals surface area (Å²) >= 11 is 0. The molecule has 1 aromatic carbocycles. The van der Waals surface area contributed by atoms with Gasteiger partial charge in [-0.1, -0.05) is 11.6 Å². The molecule has 0 aromatic heterocycles. The minimum Gasteiger partial charge on any atom is -0.490 e. The lowest BCUT2D eigenvalue weighted by atomic mass is 10.1. The molecule has 0 aliphatic rings. The summed E-state index contributed by atoms with van der Waals surface area (Å²) in [5, 5.41) is 8.69. The van der Waals surface area contributed by atoms with Gasteiger partial charge in [0.15, 0.2) is 0 Å². The van der Waals surface area contributed by atoms with Gasteiger partial charge in [0.1, 0.15) is 5.75 Å². The molecule has 0 radical (unpaired) electrons. The summed E-state index contributed by atoms with van der Waals surface area (Å²) in [5.41, 5.74) is 1.83. The number of carbonyl (C=O) groups is 1. The summed E-state index contributed by atoms with van der Waals surface area (Å²) < 4.78 is 10.8. The molecule has 1 unspecified atom stereocenters. The molecule has 104 valence electrons. The molecule has 0 amide bonds. The minimum absolute atomic E-state index is 0.0136. The van der Waals surface area contributed by atoms with Crippen LogP contribution in [0.25, 0.3) is 6.08 Å². The van der Waals surface area contributed by atoms with Crippen LogP contribution in [0.1, 0.15) is 24.5 Å². The molecule has 19 heavy (non-hydrogen) atoms. The van der Waals surface area contributed by atoms with Gasteiger partial charge in [0.25, 0.3) is 0 Å². The van der Waals surface area contributed by atoms with E-state index in [4.69, 9.17) is 14.6 Å². The molecule has 0 aliphatic heterocycles. The summed E-state index contributed by atoms with van der Waals surface area (Å²) in [7, 11) is 1.65. The molecule has 0 saturated carbocycles. The first-order chi connectivity index (χ1) is 9.02. The lowest BCUT2D eigenvalue weighted by molar-refractivity contribution is -0.131. The Morgan fingerprint density at radius 3 is 2.84 bits per heavy atom. The van der Waals surface area contributed by atoms with Gasteiger partial charge in [-0.2, -0.15) is 0 Å². The molecule has 0 saturated heterocycles. The van der Waals surface area contributed by atoms with Gasteiger partial charge in [0, 0.05) is 31.8 Å². The number of ether oxygens (including phenoxy) is 2. The predicted octanol–water partition coefficient (Wildman–Crippen LogP) is 2.90. The largest absolute Gasteiger partial charge is 0.490 e. The van der Waals surface area contributed by atoms with Crippen molar-refractivity contribution >= 4 is 12.0 Å². The molecule has 1 rings (SSSR count). The van der Waals surface area contributed by atoms with Crippen molar-refractivity contribution in [3.8, 4) is 5.75 Å². The number of carboxylic acids is 1. The van der Waals surface area contributed by atoms with E-state index in [1.54, 1.807) is 13.2 Å². The summed E-state index contributed by atoms with van der Waals surface area (Å²) in [5.74, 6) is -0.286. The second-order valence-corrected chi connectivity index (χ2v) is 4.42. The van der Waals surface area contributed by atoms with Crippen LogP contribution in [0.4, 0.5) is 0 Å². The molecule has 0 bridgehead atoms. The third-order valence-corrected chi connectivity index (χ3v) is 2.63. The molecule has 0 heterocycles. The molecule has 4 nitrogen and oxygen atoms in total. The maximum atomic E-state index is 10.6. The van der Waals surface area contributed by atoms with E-state index in [0.717, 1.165) is 23.6 Å². The molecule has 1 N–H and O–H groups in total. The SMILES string of the molecule is COCCC(C)Oc1ccc(C)cc1/C=C/C(=O)O. The number of rotatable bonds is 7. The quantitative estimate of drug-likeness (QED) is 0.769. The van der Waals surface area contributed by atoms with Crippen LogP contribution < -0.4 is 4.74 Å². The minimum atomic E-state index is -0.972. The number of hydrogen-bond acceptors (Lipinski definition) is 3. The van der Waals surface area contributed by atoms with E-state index in [2.05, 4.69) is 0 Å². The Morgan fingerprint density at radius 1 is 1.47 bits per heavy atom. The average Bonchev–Trinajstić information content (AvgIpc) is 2.36. The highest BCUT2D eigenvalue weighted by atomic mass is 16.5. The standard InChI is InChI=1S/C15H20O4/c1-11-4-6-14(19-12(2)8-9-18-3)13(10-11)5-7-15(16)17/h4-7,10,12H,8-9H2,1-3H3,(H,16,17)/b7-5+.